The van der Waals surface area contributed by atoms with Gasteiger partial charge in [0.15, 0.2) is 0 Å². The van der Waals surface area contributed by atoms with Crippen molar-refractivity contribution in [3.8, 4) is 0 Å². The van der Waals surface area contributed by atoms with Gasteiger partial charge in [-0.05, 0) is 24.6 Å². The number of carbonyl (C=O) groups excluding carboxylic acids is 3. The quantitative estimate of drug-likeness (QED) is 0.648. The van der Waals surface area contributed by atoms with Crippen molar-refractivity contribution in [3.05, 3.63) is 65.7 Å². The van der Waals surface area contributed by atoms with Crippen molar-refractivity contribution in [1.29, 1.82) is 0 Å². The second-order valence-corrected chi connectivity index (χ2v) is 6.55. The second kappa shape index (κ2) is 11.0. The first-order valence-electron chi connectivity index (χ1n) is 8.54. The summed E-state index contributed by atoms with van der Waals surface area (Å²) in [5, 5.41) is 5.57. The summed E-state index contributed by atoms with van der Waals surface area (Å²) in [4.78, 5) is 35.8. The number of hydrogen-bond acceptors (Lipinski definition) is 5. The van der Waals surface area contributed by atoms with Gasteiger partial charge < -0.3 is 15.4 Å². The van der Waals surface area contributed by atoms with E-state index < -0.39 is 0 Å². The molecule has 0 saturated carbocycles. The van der Waals surface area contributed by atoms with Crippen LogP contribution in [-0.2, 0) is 20.9 Å². The minimum atomic E-state index is -0.351. The van der Waals surface area contributed by atoms with Gasteiger partial charge in [0.05, 0.1) is 29.4 Å². The van der Waals surface area contributed by atoms with E-state index in [4.69, 9.17) is 4.74 Å². The molecule has 0 bridgehead atoms. The number of esters is 1. The molecule has 0 radical (unpaired) electrons. The fraction of sp³-hybridized carbons (Fsp3) is 0.250. The monoisotopic (exact) mass is 386 g/mol. The largest absolute Gasteiger partial charge is 0.465 e. The van der Waals surface area contributed by atoms with Crippen LogP contribution in [-0.4, -0.2) is 35.9 Å². The standard InChI is InChI=1S/C20H22N2O4S/c1-2-26-19(24)14-27-13-18(23)22-17-11-7-6-10-16(17)20(25)21-12-15-8-4-3-5-9-15/h3-11H,2,12-14H2,1H3,(H,21,25)(H,22,23). The number of para-hydroxylation sites is 1. The van der Waals surface area contributed by atoms with Crippen LogP contribution < -0.4 is 10.6 Å². The van der Waals surface area contributed by atoms with Crippen LogP contribution in [0.25, 0.3) is 0 Å². The fourth-order valence-corrected chi connectivity index (χ4v) is 2.89. The zero-order valence-corrected chi connectivity index (χ0v) is 15.9. The van der Waals surface area contributed by atoms with Crippen LogP contribution in [0.2, 0.25) is 0 Å². The minimum absolute atomic E-state index is 0.0960. The Bertz CT molecular complexity index is 781. The molecule has 6 nitrogen and oxygen atoms in total. The summed E-state index contributed by atoms with van der Waals surface area (Å²) in [7, 11) is 0. The van der Waals surface area contributed by atoms with E-state index in [0.717, 1.165) is 17.3 Å². The topological polar surface area (TPSA) is 84.5 Å². The van der Waals surface area contributed by atoms with Crippen molar-refractivity contribution in [2.75, 3.05) is 23.4 Å². The minimum Gasteiger partial charge on any atom is -0.465 e. The highest BCUT2D eigenvalue weighted by atomic mass is 32.2. The fourth-order valence-electron chi connectivity index (χ4n) is 2.28. The van der Waals surface area contributed by atoms with E-state index in [1.807, 2.05) is 30.3 Å². The molecule has 7 heteroatoms. The van der Waals surface area contributed by atoms with Crippen molar-refractivity contribution in [2.45, 2.75) is 13.5 Å². The molecule has 0 aliphatic rings. The lowest BCUT2D eigenvalue weighted by atomic mass is 10.1. The highest BCUT2D eigenvalue weighted by molar-refractivity contribution is 8.00. The molecule has 0 atom stereocenters. The normalized spacial score (nSPS) is 10.1. The molecule has 0 aliphatic carbocycles. The van der Waals surface area contributed by atoms with E-state index in [0.29, 0.717) is 24.4 Å². The number of hydrogen-bond donors (Lipinski definition) is 2. The van der Waals surface area contributed by atoms with Crippen LogP contribution in [0.3, 0.4) is 0 Å². The van der Waals surface area contributed by atoms with E-state index in [-0.39, 0.29) is 29.3 Å². The molecule has 0 aliphatic heterocycles. The molecular formula is C20H22N2O4S. The smallest absolute Gasteiger partial charge is 0.315 e. The Morgan fingerprint density at radius 1 is 0.963 bits per heavy atom. The van der Waals surface area contributed by atoms with E-state index in [1.165, 1.54) is 0 Å². The number of carbonyl (C=O) groups is 3. The van der Waals surface area contributed by atoms with Crippen LogP contribution in [0.5, 0.6) is 0 Å². The zero-order valence-electron chi connectivity index (χ0n) is 15.1. The van der Waals surface area contributed by atoms with Gasteiger partial charge in [0.2, 0.25) is 5.91 Å². The van der Waals surface area contributed by atoms with Gasteiger partial charge in [-0.25, -0.2) is 0 Å². The Hall–Kier alpha value is -2.80. The summed E-state index contributed by atoms with van der Waals surface area (Å²) in [6, 6.07) is 16.4. The lowest BCUT2D eigenvalue weighted by Gasteiger charge is -2.11. The Morgan fingerprint density at radius 3 is 2.41 bits per heavy atom. The highest BCUT2D eigenvalue weighted by Gasteiger charge is 2.13. The summed E-state index contributed by atoms with van der Waals surface area (Å²) in [6.45, 7) is 2.45. The van der Waals surface area contributed by atoms with Gasteiger partial charge >= 0.3 is 5.97 Å². The van der Waals surface area contributed by atoms with Crippen LogP contribution in [0, 0.1) is 0 Å². The predicted molar refractivity (Wildman–Crippen MR) is 107 cm³/mol. The summed E-state index contributed by atoms with van der Waals surface area (Å²) in [5.41, 5.74) is 1.81. The van der Waals surface area contributed by atoms with Crippen LogP contribution in [0.4, 0.5) is 5.69 Å². The van der Waals surface area contributed by atoms with Gasteiger partial charge in [-0.15, -0.1) is 11.8 Å². The van der Waals surface area contributed by atoms with Crippen molar-refractivity contribution < 1.29 is 19.1 Å². The predicted octanol–water partition coefficient (Wildman–Crippen LogP) is 2.85. The molecule has 2 aromatic rings. The molecule has 2 aromatic carbocycles. The van der Waals surface area contributed by atoms with Crippen molar-refractivity contribution in [2.24, 2.45) is 0 Å². The molecule has 0 saturated heterocycles. The Balaban J connectivity index is 1.89. The Labute approximate surface area is 162 Å². The Morgan fingerprint density at radius 2 is 1.67 bits per heavy atom. The van der Waals surface area contributed by atoms with Gasteiger partial charge in [0.25, 0.3) is 5.91 Å². The number of nitrogens with one attached hydrogen (secondary N) is 2. The van der Waals surface area contributed by atoms with Crippen LogP contribution in [0.15, 0.2) is 54.6 Å². The number of amides is 2. The molecule has 0 fully saturated rings. The average molecular weight is 386 g/mol. The SMILES string of the molecule is CCOC(=O)CSCC(=O)Nc1ccccc1C(=O)NCc1ccccc1. The van der Waals surface area contributed by atoms with Gasteiger partial charge in [0, 0.05) is 6.54 Å². The molecule has 0 aromatic heterocycles. The van der Waals surface area contributed by atoms with E-state index in [9.17, 15) is 14.4 Å². The molecular weight excluding hydrogens is 364 g/mol. The summed E-state index contributed by atoms with van der Waals surface area (Å²) >= 11 is 1.16. The molecule has 0 unspecified atom stereocenters. The first-order valence-corrected chi connectivity index (χ1v) is 9.70. The highest BCUT2D eigenvalue weighted by Crippen LogP contribution is 2.16. The maximum absolute atomic E-state index is 12.5. The molecule has 2 N–H and O–H groups in total. The molecule has 0 heterocycles. The lowest BCUT2D eigenvalue weighted by molar-refractivity contribution is -0.139. The third-order valence-corrected chi connectivity index (χ3v) is 4.41. The first-order chi connectivity index (χ1) is 13.1. The van der Waals surface area contributed by atoms with Crippen molar-refractivity contribution >= 4 is 35.2 Å². The summed E-state index contributed by atoms with van der Waals surface area (Å²) in [6.07, 6.45) is 0. The maximum Gasteiger partial charge on any atom is 0.315 e. The number of thioether (sulfide) groups is 1. The van der Waals surface area contributed by atoms with E-state index >= 15 is 0 Å². The summed E-state index contributed by atoms with van der Waals surface area (Å²) < 4.78 is 4.81. The van der Waals surface area contributed by atoms with Gasteiger partial charge in [-0.1, -0.05) is 42.5 Å². The molecule has 2 rings (SSSR count). The molecule has 2 amide bonds. The third-order valence-electron chi connectivity index (χ3n) is 3.50. The average Bonchev–Trinajstić information content (AvgIpc) is 2.67. The number of anilines is 1. The zero-order chi connectivity index (χ0) is 19.5. The van der Waals surface area contributed by atoms with Gasteiger partial charge in [-0.2, -0.15) is 0 Å². The number of ether oxygens (including phenoxy) is 1. The molecule has 0 spiro atoms. The van der Waals surface area contributed by atoms with Crippen LogP contribution >= 0.6 is 11.8 Å². The van der Waals surface area contributed by atoms with E-state index in [2.05, 4.69) is 10.6 Å². The lowest BCUT2D eigenvalue weighted by Crippen LogP contribution is -2.25. The second-order valence-electron chi connectivity index (χ2n) is 5.56. The van der Waals surface area contributed by atoms with E-state index in [1.54, 1.807) is 31.2 Å². The number of rotatable bonds is 9. The van der Waals surface area contributed by atoms with Crippen molar-refractivity contribution in [1.82, 2.24) is 5.32 Å². The third kappa shape index (κ3) is 7.15. The number of benzene rings is 2. The first kappa shape index (κ1) is 20.5. The molecule has 27 heavy (non-hydrogen) atoms. The summed E-state index contributed by atoms with van der Waals surface area (Å²) in [5.74, 6) is -0.697. The van der Waals surface area contributed by atoms with Gasteiger partial charge in [0.1, 0.15) is 0 Å². The van der Waals surface area contributed by atoms with Crippen LogP contribution in [0.1, 0.15) is 22.8 Å². The Kier molecular flexibility index (Phi) is 8.38. The van der Waals surface area contributed by atoms with Gasteiger partial charge in [-0.3, -0.25) is 14.4 Å². The van der Waals surface area contributed by atoms with Crippen molar-refractivity contribution in [3.63, 3.8) is 0 Å². The maximum atomic E-state index is 12.5. The molecule has 142 valence electrons.